The number of rotatable bonds is 6. The lowest BCUT2D eigenvalue weighted by Gasteiger charge is -2.26. The van der Waals surface area contributed by atoms with Crippen molar-refractivity contribution < 1.29 is 9.53 Å². The van der Waals surface area contributed by atoms with E-state index in [1.807, 2.05) is 35.4 Å². The fourth-order valence-electron chi connectivity index (χ4n) is 3.77. The molecule has 1 fully saturated rings. The van der Waals surface area contributed by atoms with Gasteiger partial charge in [-0.1, -0.05) is 13.8 Å². The molecule has 0 atom stereocenters. The van der Waals surface area contributed by atoms with Gasteiger partial charge in [0.25, 0.3) is 0 Å². The number of amides is 1. The van der Waals surface area contributed by atoms with Gasteiger partial charge in [-0.2, -0.15) is 10.2 Å². The SMILES string of the molecule is CC(C)c1cnnc(Nc2ccc3ncc(-c4cnn(CC(=O)N5CCOCC5)c4)cc3n2)c1. The van der Waals surface area contributed by atoms with Crippen molar-refractivity contribution in [1.82, 2.24) is 34.8 Å². The van der Waals surface area contributed by atoms with Gasteiger partial charge in [-0.05, 0) is 35.7 Å². The minimum atomic E-state index is 0.0385. The summed E-state index contributed by atoms with van der Waals surface area (Å²) in [6.07, 6.45) is 7.16. The summed E-state index contributed by atoms with van der Waals surface area (Å²) in [5.41, 5.74) is 4.38. The van der Waals surface area contributed by atoms with E-state index in [9.17, 15) is 4.79 Å². The topological polar surface area (TPSA) is 111 Å². The van der Waals surface area contributed by atoms with Crippen molar-refractivity contribution in [1.29, 1.82) is 0 Å². The first-order valence-electron chi connectivity index (χ1n) is 11.3. The zero-order valence-electron chi connectivity index (χ0n) is 19.2. The van der Waals surface area contributed by atoms with Crippen molar-refractivity contribution >= 4 is 28.6 Å². The normalized spacial score (nSPS) is 14.0. The van der Waals surface area contributed by atoms with Crippen LogP contribution >= 0.6 is 0 Å². The Bertz CT molecular complexity index is 1310. The molecule has 10 nitrogen and oxygen atoms in total. The van der Waals surface area contributed by atoms with Crippen LogP contribution in [0, 0.1) is 0 Å². The van der Waals surface area contributed by atoms with Crippen LogP contribution in [0.3, 0.4) is 0 Å². The van der Waals surface area contributed by atoms with Gasteiger partial charge in [-0.25, -0.2) is 4.98 Å². The van der Waals surface area contributed by atoms with Crippen molar-refractivity contribution in [2.45, 2.75) is 26.3 Å². The third kappa shape index (κ3) is 4.86. The maximum atomic E-state index is 12.5. The van der Waals surface area contributed by atoms with Gasteiger partial charge in [0.1, 0.15) is 12.4 Å². The van der Waals surface area contributed by atoms with E-state index in [0.717, 1.165) is 27.7 Å². The Morgan fingerprint density at radius 1 is 1.06 bits per heavy atom. The zero-order chi connectivity index (χ0) is 23.5. The monoisotopic (exact) mass is 458 g/mol. The molecule has 1 saturated heterocycles. The van der Waals surface area contributed by atoms with E-state index in [2.05, 4.69) is 39.4 Å². The number of morpholine rings is 1. The molecule has 0 radical (unpaired) electrons. The van der Waals surface area contributed by atoms with Crippen molar-refractivity contribution in [3.63, 3.8) is 0 Å². The first kappa shape index (κ1) is 21.9. The molecule has 34 heavy (non-hydrogen) atoms. The number of carbonyl (C=O) groups is 1. The number of pyridine rings is 2. The van der Waals surface area contributed by atoms with Crippen LogP contribution in [0.1, 0.15) is 25.3 Å². The first-order chi connectivity index (χ1) is 16.5. The summed E-state index contributed by atoms with van der Waals surface area (Å²) in [5.74, 6) is 1.70. The summed E-state index contributed by atoms with van der Waals surface area (Å²) in [6, 6.07) is 7.73. The smallest absolute Gasteiger partial charge is 0.244 e. The second-order valence-electron chi connectivity index (χ2n) is 8.53. The molecule has 4 aromatic heterocycles. The van der Waals surface area contributed by atoms with Gasteiger partial charge in [0.2, 0.25) is 5.91 Å². The second-order valence-corrected chi connectivity index (χ2v) is 8.53. The lowest BCUT2D eigenvalue weighted by atomic mass is 10.1. The van der Waals surface area contributed by atoms with E-state index in [4.69, 9.17) is 9.72 Å². The molecule has 0 bridgehead atoms. The Morgan fingerprint density at radius 2 is 1.91 bits per heavy atom. The molecule has 1 aliphatic heterocycles. The molecule has 1 amide bonds. The molecule has 0 spiro atoms. The predicted molar refractivity (Wildman–Crippen MR) is 128 cm³/mol. The molecule has 0 unspecified atom stereocenters. The van der Waals surface area contributed by atoms with Crippen LogP contribution in [0.2, 0.25) is 0 Å². The van der Waals surface area contributed by atoms with Crippen molar-refractivity contribution in [2.75, 3.05) is 31.6 Å². The van der Waals surface area contributed by atoms with E-state index in [-0.39, 0.29) is 12.5 Å². The van der Waals surface area contributed by atoms with Crippen molar-refractivity contribution in [3.8, 4) is 11.1 Å². The average Bonchev–Trinajstić information content (AvgIpc) is 3.33. The van der Waals surface area contributed by atoms with Gasteiger partial charge in [0, 0.05) is 36.6 Å². The molecule has 1 aliphatic rings. The van der Waals surface area contributed by atoms with Gasteiger partial charge in [0.15, 0.2) is 5.82 Å². The van der Waals surface area contributed by atoms with Crippen LogP contribution < -0.4 is 5.32 Å². The van der Waals surface area contributed by atoms with E-state index in [1.54, 1.807) is 23.3 Å². The molecule has 0 aliphatic carbocycles. The number of ether oxygens (including phenoxy) is 1. The fraction of sp³-hybridized carbons (Fsp3) is 0.333. The molecule has 5 heterocycles. The fourth-order valence-corrected chi connectivity index (χ4v) is 3.77. The Morgan fingerprint density at radius 3 is 2.74 bits per heavy atom. The predicted octanol–water partition coefficient (Wildman–Crippen LogP) is 3.01. The Kier molecular flexibility index (Phi) is 6.13. The van der Waals surface area contributed by atoms with Crippen LogP contribution in [0.25, 0.3) is 22.2 Å². The van der Waals surface area contributed by atoms with Gasteiger partial charge >= 0.3 is 0 Å². The maximum Gasteiger partial charge on any atom is 0.244 e. The highest BCUT2D eigenvalue weighted by Gasteiger charge is 2.17. The maximum absolute atomic E-state index is 12.5. The first-order valence-corrected chi connectivity index (χ1v) is 11.3. The highest BCUT2D eigenvalue weighted by Crippen LogP contribution is 2.24. The third-order valence-corrected chi connectivity index (χ3v) is 5.76. The quantitative estimate of drug-likeness (QED) is 0.469. The van der Waals surface area contributed by atoms with E-state index in [1.165, 1.54) is 0 Å². The number of hydrogen-bond donors (Lipinski definition) is 1. The largest absolute Gasteiger partial charge is 0.378 e. The molecule has 0 aromatic carbocycles. The number of hydrogen-bond acceptors (Lipinski definition) is 8. The Balaban J connectivity index is 1.33. The van der Waals surface area contributed by atoms with Crippen molar-refractivity contribution in [3.05, 3.63) is 54.6 Å². The van der Waals surface area contributed by atoms with E-state index in [0.29, 0.717) is 43.9 Å². The molecule has 1 N–H and O–H groups in total. The van der Waals surface area contributed by atoms with E-state index >= 15 is 0 Å². The summed E-state index contributed by atoms with van der Waals surface area (Å²) in [5, 5.41) is 15.8. The summed E-state index contributed by atoms with van der Waals surface area (Å²) < 4.78 is 6.97. The lowest BCUT2D eigenvalue weighted by molar-refractivity contribution is -0.136. The number of fused-ring (bicyclic) bond motifs is 1. The molecule has 174 valence electrons. The van der Waals surface area contributed by atoms with Gasteiger partial charge in [0.05, 0.1) is 36.6 Å². The number of anilines is 2. The van der Waals surface area contributed by atoms with Crippen molar-refractivity contribution in [2.24, 2.45) is 0 Å². The highest BCUT2D eigenvalue weighted by atomic mass is 16.5. The Labute approximate surface area is 197 Å². The Hall–Kier alpha value is -3.92. The molecular formula is C24H26N8O2. The van der Waals surface area contributed by atoms with Crippen LogP contribution in [0.5, 0.6) is 0 Å². The molecule has 4 aromatic rings. The highest BCUT2D eigenvalue weighted by molar-refractivity contribution is 5.82. The standard InChI is InChI=1S/C24H26N8O2/c1-16(2)17-10-23(30-26-12-17)29-22-4-3-20-21(28-22)9-18(11-25-20)19-13-27-32(14-19)15-24(33)31-5-7-34-8-6-31/h3-4,9-14,16H,5-8,15H2,1-2H3,(H,28,29,30). The molecule has 5 rings (SSSR count). The molecular weight excluding hydrogens is 432 g/mol. The summed E-state index contributed by atoms with van der Waals surface area (Å²) in [7, 11) is 0. The molecule has 0 saturated carbocycles. The number of nitrogens with zero attached hydrogens (tertiary/aromatic N) is 7. The number of nitrogens with one attached hydrogen (secondary N) is 1. The van der Waals surface area contributed by atoms with Crippen LogP contribution in [-0.2, 0) is 16.1 Å². The molecule has 10 heteroatoms. The minimum absolute atomic E-state index is 0.0385. The zero-order valence-corrected chi connectivity index (χ0v) is 19.2. The van der Waals surface area contributed by atoms with Crippen LogP contribution in [-0.4, -0.2) is 67.1 Å². The summed E-state index contributed by atoms with van der Waals surface area (Å²) in [6.45, 7) is 6.83. The second kappa shape index (κ2) is 9.52. The van der Waals surface area contributed by atoms with Crippen LogP contribution in [0.4, 0.5) is 11.6 Å². The number of carbonyl (C=O) groups excluding carboxylic acids is 1. The summed E-state index contributed by atoms with van der Waals surface area (Å²) >= 11 is 0. The van der Waals surface area contributed by atoms with Gasteiger partial charge in [-0.3, -0.25) is 14.5 Å². The van der Waals surface area contributed by atoms with Gasteiger partial charge in [-0.15, -0.1) is 5.10 Å². The van der Waals surface area contributed by atoms with E-state index < -0.39 is 0 Å². The third-order valence-electron chi connectivity index (χ3n) is 5.76. The average molecular weight is 459 g/mol. The summed E-state index contributed by atoms with van der Waals surface area (Å²) in [4.78, 5) is 23.6. The lowest BCUT2D eigenvalue weighted by Crippen LogP contribution is -2.42. The number of aromatic nitrogens is 6. The minimum Gasteiger partial charge on any atom is -0.378 e. The van der Waals surface area contributed by atoms with Gasteiger partial charge < -0.3 is 15.0 Å². The van der Waals surface area contributed by atoms with Crippen LogP contribution in [0.15, 0.2) is 49.1 Å².